The molecule has 0 spiro atoms. The molecule has 1 saturated carbocycles. The Morgan fingerprint density at radius 2 is 1.70 bits per heavy atom. The highest BCUT2D eigenvalue weighted by atomic mass is 35.5. The van der Waals surface area contributed by atoms with Crippen LogP contribution in [0.2, 0.25) is 0 Å². The van der Waals surface area contributed by atoms with Crippen molar-refractivity contribution >= 4 is 24.2 Å². The highest BCUT2D eigenvalue weighted by molar-refractivity contribution is 5.85. The summed E-state index contributed by atoms with van der Waals surface area (Å²) in [4.78, 5) is 23.3. The van der Waals surface area contributed by atoms with Crippen LogP contribution in [0.25, 0.3) is 0 Å². The SMILES string of the molecule is Cl.O=C(CC1CCCC1)NCCNC(=O)C1CCCN1. The van der Waals surface area contributed by atoms with Crippen LogP contribution >= 0.6 is 12.4 Å². The molecule has 0 aromatic heterocycles. The summed E-state index contributed by atoms with van der Waals surface area (Å²) >= 11 is 0. The second-order valence-corrected chi connectivity index (χ2v) is 5.64. The summed E-state index contributed by atoms with van der Waals surface area (Å²) < 4.78 is 0. The number of hydrogen-bond donors (Lipinski definition) is 3. The second-order valence-electron chi connectivity index (χ2n) is 5.64. The molecule has 20 heavy (non-hydrogen) atoms. The molecule has 2 amide bonds. The maximum absolute atomic E-state index is 11.7. The molecule has 6 heteroatoms. The van der Waals surface area contributed by atoms with Gasteiger partial charge < -0.3 is 16.0 Å². The predicted octanol–water partition coefficient (Wildman–Crippen LogP) is 0.973. The fourth-order valence-corrected chi connectivity index (χ4v) is 2.97. The van der Waals surface area contributed by atoms with Gasteiger partial charge in [0.05, 0.1) is 6.04 Å². The predicted molar refractivity (Wildman–Crippen MR) is 80.9 cm³/mol. The fraction of sp³-hybridized carbons (Fsp3) is 0.857. The van der Waals surface area contributed by atoms with Crippen molar-refractivity contribution in [2.24, 2.45) is 5.92 Å². The molecular formula is C14H26ClN3O2. The van der Waals surface area contributed by atoms with Crippen LogP contribution < -0.4 is 16.0 Å². The molecule has 1 aliphatic carbocycles. The lowest BCUT2D eigenvalue weighted by molar-refractivity contribution is -0.124. The first-order chi connectivity index (χ1) is 9.25. The van der Waals surface area contributed by atoms with E-state index < -0.39 is 0 Å². The van der Waals surface area contributed by atoms with E-state index in [9.17, 15) is 9.59 Å². The van der Waals surface area contributed by atoms with Crippen molar-refractivity contribution in [1.29, 1.82) is 0 Å². The van der Waals surface area contributed by atoms with Crippen LogP contribution in [0.15, 0.2) is 0 Å². The zero-order valence-corrected chi connectivity index (χ0v) is 12.8. The third-order valence-corrected chi connectivity index (χ3v) is 4.07. The standard InChI is InChI=1S/C14H25N3O2.ClH/c18-13(10-11-4-1-2-5-11)16-8-9-17-14(19)12-6-3-7-15-12;/h11-12,15H,1-10H2,(H,16,18)(H,17,19);1H. The Morgan fingerprint density at radius 1 is 1.00 bits per heavy atom. The van der Waals surface area contributed by atoms with E-state index in [1.54, 1.807) is 0 Å². The second kappa shape index (κ2) is 9.19. The van der Waals surface area contributed by atoms with Crippen molar-refractivity contribution in [1.82, 2.24) is 16.0 Å². The number of hydrogen-bond acceptors (Lipinski definition) is 3. The van der Waals surface area contributed by atoms with Crippen molar-refractivity contribution in [3.05, 3.63) is 0 Å². The largest absolute Gasteiger partial charge is 0.354 e. The van der Waals surface area contributed by atoms with Gasteiger partial charge in [0, 0.05) is 19.5 Å². The molecule has 2 rings (SSSR count). The molecule has 5 nitrogen and oxygen atoms in total. The molecule has 1 aliphatic heterocycles. The van der Waals surface area contributed by atoms with Gasteiger partial charge in [-0.3, -0.25) is 9.59 Å². The van der Waals surface area contributed by atoms with Gasteiger partial charge in [-0.1, -0.05) is 12.8 Å². The summed E-state index contributed by atoms with van der Waals surface area (Å²) in [5.74, 6) is 0.764. The van der Waals surface area contributed by atoms with E-state index in [1.165, 1.54) is 25.7 Å². The van der Waals surface area contributed by atoms with Crippen molar-refractivity contribution < 1.29 is 9.59 Å². The van der Waals surface area contributed by atoms with Gasteiger partial charge in [0.2, 0.25) is 11.8 Å². The maximum atomic E-state index is 11.7. The average molecular weight is 304 g/mol. The first kappa shape index (κ1) is 17.2. The van der Waals surface area contributed by atoms with Gasteiger partial charge >= 0.3 is 0 Å². The van der Waals surface area contributed by atoms with E-state index in [0.29, 0.717) is 25.4 Å². The van der Waals surface area contributed by atoms with E-state index in [-0.39, 0.29) is 30.3 Å². The number of amides is 2. The van der Waals surface area contributed by atoms with Crippen LogP contribution in [0.5, 0.6) is 0 Å². The molecule has 0 aromatic carbocycles. The minimum Gasteiger partial charge on any atom is -0.354 e. The number of rotatable bonds is 6. The van der Waals surface area contributed by atoms with Gasteiger partial charge in [-0.05, 0) is 38.1 Å². The molecule has 2 aliphatic rings. The molecular weight excluding hydrogens is 278 g/mol. The van der Waals surface area contributed by atoms with Gasteiger partial charge in [0.15, 0.2) is 0 Å². The van der Waals surface area contributed by atoms with Crippen LogP contribution in [0.1, 0.15) is 44.9 Å². The van der Waals surface area contributed by atoms with Gasteiger partial charge in [0.25, 0.3) is 0 Å². The number of carbonyl (C=O) groups is 2. The lowest BCUT2D eigenvalue weighted by Crippen LogP contribution is -2.43. The maximum Gasteiger partial charge on any atom is 0.237 e. The Hall–Kier alpha value is -0.810. The van der Waals surface area contributed by atoms with Crippen LogP contribution in [0, 0.1) is 5.92 Å². The third kappa shape index (κ3) is 5.67. The molecule has 1 unspecified atom stereocenters. The van der Waals surface area contributed by atoms with E-state index in [1.807, 2.05) is 0 Å². The third-order valence-electron chi connectivity index (χ3n) is 4.07. The Labute approximate surface area is 127 Å². The van der Waals surface area contributed by atoms with E-state index in [4.69, 9.17) is 0 Å². The lowest BCUT2D eigenvalue weighted by atomic mass is 10.0. The van der Waals surface area contributed by atoms with Crippen LogP contribution in [0.3, 0.4) is 0 Å². The van der Waals surface area contributed by atoms with Crippen molar-refractivity contribution in [2.75, 3.05) is 19.6 Å². The zero-order valence-electron chi connectivity index (χ0n) is 12.0. The first-order valence-electron chi connectivity index (χ1n) is 7.53. The van der Waals surface area contributed by atoms with E-state index in [0.717, 1.165) is 19.4 Å². The Morgan fingerprint density at radius 3 is 2.35 bits per heavy atom. The fourth-order valence-electron chi connectivity index (χ4n) is 2.97. The van der Waals surface area contributed by atoms with Gasteiger partial charge in [-0.25, -0.2) is 0 Å². The van der Waals surface area contributed by atoms with Gasteiger partial charge in [0.1, 0.15) is 0 Å². The molecule has 1 saturated heterocycles. The van der Waals surface area contributed by atoms with E-state index >= 15 is 0 Å². The highest BCUT2D eigenvalue weighted by Crippen LogP contribution is 2.27. The molecule has 0 aromatic rings. The van der Waals surface area contributed by atoms with Crippen LogP contribution in [-0.4, -0.2) is 37.5 Å². The van der Waals surface area contributed by atoms with Gasteiger partial charge in [-0.2, -0.15) is 0 Å². The Kier molecular flexibility index (Phi) is 7.92. The molecule has 1 heterocycles. The quantitative estimate of drug-likeness (QED) is 0.641. The molecule has 116 valence electrons. The summed E-state index contributed by atoms with van der Waals surface area (Å²) in [7, 11) is 0. The highest BCUT2D eigenvalue weighted by Gasteiger charge is 2.21. The molecule has 3 N–H and O–H groups in total. The minimum atomic E-state index is -0.0332. The topological polar surface area (TPSA) is 70.2 Å². The minimum absolute atomic E-state index is 0. The lowest BCUT2D eigenvalue weighted by Gasteiger charge is -2.12. The Balaban J connectivity index is 0.00000200. The summed E-state index contributed by atoms with van der Waals surface area (Å²) in [6.45, 7) is 1.98. The van der Waals surface area contributed by atoms with Crippen LogP contribution in [0.4, 0.5) is 0 Å². The summed E-state index contributed by atoms with van der Waals surface area (Å²) in [6, 6.07) is -0.0332. The smallest absolute Gasteiger partial charge is 0.237 e. The average Bonchev–Trinajstić information content (AvgIpc) is 3.06. The normalized spacial score (nSPS) is 22.3. The summed E-state index contributed by atoms with van der Waals surface area (Å²) in [5.41, 5.74) is 0. The number of carbonyl (C=O) groups excluding carboxylic acids is 2. The van der Waals surface area contributed by atoms with Crippen LogP contribution in [-0.2, 0) is 9.59 Å². The molecule has 2 fully saturated rings. The summed E-state index contributed by atoms with van der Waals surface area (Å²) in [5, 5.41) is 8.89. The van der Waals surface area contributed by atoms with Crippen molar-refractivity contribution in [3.63, 3.8) is 0 Å². The zero-order chi connectivity index (χ0) is 13.5. The van der Waals surface area contributed by atoms with E-state index in [2.05, 4.69) is 16.0 Å². The van der Waals surface area contributed by atoms with Gasteiger partial charge in [-0.15, -0.1) is 12.4 Å². The summed E-state index contributed by atoms with van der Waals surface area (Å²) in [6.07, 6.45) is 7.55. The molecule has 0 bridgehead atoms. The monoisotopic (exact) mass is 303 g/mol. The molecule has 0 radical (unpaired) electrons. The molecule has 1 atom stereocenters. The Bertz CT molecular complexity index is 314. The number of halogens is 1. The first-order valence-corrected chi connectivity index (χ1v) is 7.53. The van der Waals surface area contributed by atoms with Crippen molar-refractivity contribution in [2.45, 2.75) is 51.0 Å². The number of nitrogens with one attached hydrogen (secondary N) is 3. The van der Waals surface area contributed by atoms with Crippen molar-refractivity contribution in [3.8, 4) is 0 Å².